The maximum Gasteiger partial charge on any atom is 0.322 e. The van der Waals surface area contributed by atoms with Gasteiger partial charge in [-0.3, -0.25) is 14.6 Å². The molecule has 0 saturated heterocycles. The maximum atomic E-state index is 12.4. The number of carbonyl (C=O) groups is 2. The van der Waals surface area contributed by atoms with Crippen LogP contribution >= 0.6 is 0 Å². The molecule has 1 aromatic carbocycles. The molecule has 0 fully saturated rings. The molecule has 0 amide bonds. The minimum atomic E-state index is -1.04. The molecule has 0 aromatic heterocycles. The van der Waals surface area contributed by atoms with Gasteiger partial charge in [-0.15, -0.1) is 0 Å². The average Bonchev–Trinajstić information content (AvgIpc) is 2.51. The Morgan fingerprint density at radius 3 is 2.36 bits per heavy atom. The van der Waals surface area contributed by atoms with E-state index in [0.717, 1.165) is 5.56 Å². The van der Waals surface area contributed by atoms with E-state index in [9.17, 15) is 9.59 Å². The van der Waals surface area contributed by atoms with E-state index in [1.165, 1.54) is 20.4 Å². The lowest BCUT2D eigenvalue weighted by Gasteiger charge is -2.21. The Morgan fingerprint density at radius 2 is 1.86 bits per heavy atom. The van der Waals surface area contributed by atoms with Gasteiger partial charge in [0.1, 0.15) is 12.7 Å². The zero-order valence-electron chi connectivity index (χ0n) is 13.5. The van der Waals surface area contributed by atoms with E-state index in [4.69, 9.17) is 9.47 Å². The standard InChI is InChI=1S/C17H23NO4/c1-12(2)16(21-4)15(19)14(10-18-3)17(20)22-11-13-8-6-5-7-9-13/h5-10,12,14,16H,11H2,1-4H3. The predicted molar refractivity (Wildman–Crippen MR) is 84.8 cm³/mol. The Hall–Kier alpha value is -2.01. The van der Waals surface area contributed by atoms with Gasteiger partial charge in [0.2, 0.25) is 0 Å². The van der Waals surface area contributed by atoms with E-state index >= 15 is 0 Å². The van der Waals surface area contributed by atoms with Crippen molar-refractivity contribution < 1.29 is 19.1 Å². The molecule has 22 heavy (non-hydrogen) atoms. The number of nitrogens with zero attached hydrogens (tertiary/aromatic N) is 1. The van der Waals surface area contributed by atoms with Gasteiger partial charge in [0, 0.05) is 20.4 Å². The van der Waals surface area contributed by atoms with Gasteiger partial charge in [0.15, 0.2) is 11.7 Å². The smallest absolute Gasteiger partial charge is 0.322 e. The zero-order valence-corrected chi connectivity index (χ0v) is 13.5. The highest BCUT2D eigenvalue weighted by molar-refractivity contribution is 6.13. The Balaban J connectivity index is 2.77. The Kier molecular flexibility index (Phi) is 7.46. The third-order valence-corrected chi connectivity index (χ3v) is 3.22. The number of benzene rings is 1. The molecule has 0 radical (unpaired) electrons. The van der Waals surface area contributed by atoms with Gasteiger partial charge < -0.3 is 9.47 Å². The summed E-state index contributed by atoms with van der Waals surface area (Å²) < 4.78 is 10.4. The Morgan fingerprint density at radius 1 is 1.23 bits per heavy atom. The second kappa shape index (κ2) is 9.10. The molecule has 1 rings (SSSR count). The van der Waals surface area contributed by atoms with Crippen molar-refractivity contribution in [1.82, 2.24) is 0 Å². The van der Waals surface area contributed by atoms with Crippen LogP contribution in [0.3, 0.4) is 0 Å². The van der Waals surface area contributed by atoms with Gasteiger partial charge in [-0.1, -0.05) is 44.2 Å². The van der Waals surface area contributed by atoms with Gasteiger partial charge in [-0.2, -0.15) is 0 Å². The lowest BCUT2D eigenvalue weighted by molar-refractivity contribution is -0.153. The summed E-state index contributed by atoms with van der Waals surface area (Å²) in [6.45, 7) is 3.85. The van der Waals surface area contributed by atoms with Crippen LogP contribution in [0.25, 0.3) is 0 Å². The summed E-state index contributed by atoms with van der Waals surface area (Å²) >= 11 is 0. The Bertz CT molecular complexity index is 511. The van der Waals surface area contributed by atoms with Crippen LogP contribution in [0.2, 0.25) is 0 Å². The second-order valence-corrected chi connectivity index (χ2v) is 5.28. The van der Waals surface area contributed by atoms with Crippen LogP contribution in [0.4, 0.5) is 0 Å². The quantitative estimate of drug-likeness (QED) is 0.420. The van der Waals surface area contributed by atoms with E-state index in [1.807, 2.05) is 44.2 Å². The molecule has 2 unspecified atom stereocenters. The van der Waals surface area contributed by atoms with Crippen molar-refractivity contribution in [2.24, 2.45) is 16.8 Å². The fourth-order valence-electron chi connectivity index (χ4n) is 2.11. The van der Waals surface area contributed by atoms with Crippen molar-refractivity contribution >= 4 is 18.0 Å². The molecule has 0 saturated carbocycles. The summed E-state index contributed by atoms with van der Waals surface area (Å²) in [5.74, 6) is -2.02. The first kappa shape index (κ1) is 18.0. The highest BCUT2D eigenvalue weighted by atomic mass is 16.5. The fourth-order valence-corrected chi connectivity index (χ4v) is 2.11. The molecule has 0 spiro atoms. The van der Waals surface area contributed by atoms with Gasteiger partial charge >= 0.3 is 5.97 Å². The topological polar surface area (TPSA) is 65.0 Å². The van der Waals surface area contributed by atoms with Crippen molar-refractivity contribution in [2.75, 3.05) is 14.2 Å². The minimum Gasteiger partial charge on any atom is -0.460 e. The lowest BCUT2D eigenvalue weighted by Crippen LogP contribution is -2.39. The van der Waals surface area contributed by atoms with Crippen LogP contribution in [0.15, 0.2) is 35.3 Å². The molecule has 0 bridgehead atoms. The first-order chi connectivity index (χ1) is 10.5. The number of carbonyl (C=O) groups excluding carboxylic acids is 2. The molecule has 5 nitrogen and oxygen atoms in total. The highest BCUT2D eigenvalue weighted by Crippen LogP contribution is 2.14. The van der Waals surface area contributed by atoms with Crippen molar-refractivity contribution in [3.05, 3.63) is 35.9 Å². The normalized spacial score (nSPS) is 14.0. The van der Waals surface area contributed by atoms with Crippen LogP contribution in [-0.4, -0.2) is 38.2 Å². The number of ether oxygens (including phenoxy) is 2. The molecule has 0 aliphatic carbocycles. The van der Waals surface area contributed by atoms with Crippen molar-refractivity contribution in [3.63, 3.8) is 0 Å². The number of aliphatic imine (C=N–C) groups is 1. The molecular formula is C17H23NO4. The molecule has 2 atom stereocenters. The molecule has 0 aliphatic rings. The first-order valence-corrected chi connectivity index (χ1v) is 7.20. The minimum absolute atomic E-state index is 0.0350. The van der Waals surface area contributed by atoms with Gasteiger partial charge in [0.05, 0.1) is 0 Å². The highest BCUT2D eigenvalue weighted by Gasteiger charge is 2.34. The first-order valence-electron chi connectivity index (χ1n) is 7.20. The molecule has 0 heterocycles. The summed E-state index contributed by atoms with van der Waals surface area (Å²) in [5, 5.41) is 0. The van der Waals surface area contributed by atoms with E-state index < -0.39 is 18.0 Å². The second-order valence-electron chi connectivity index (χ2n) is 5.28. The van der Waals surface area contributed by atoms with Crippen LogP contribution in [0.5, 0.6) is 0 Å². The van der Waals surface area contributed by atoms with E-state index in [0.29, 0.717) is 0 Å². The summed E-state index contributed by atoms with van der Waals surface area (Å²) in [7, 11) is 2.97. The van der Waals surface area contributed by atoms with E-state index in [2.05, 4.69) is 4.99 Å². The summed E-state index contributed by atoms with van der Waals surface area (Å²) in [6.07, 6.45) is 0.650. The van der Waals surface area contributed by atoms with Crippen molar-refractivity contribution in [3.8, 4) is 0 Å². The molecular weight excluding hydrogens is 282 g/mol. The molecule has 5 heteroatoms. The monoisotopic (exact) mass is 305 g/mol. The van der Waals surface area contributed by atoms with Crippen molar-refractivity contribution in [2.45, 2.75) is 26.6 Å². The van der Waals surface area contributed by atoms with E-state index in [1.54, 1.807) is 0 Å². The number of methoxy groups -OCH3 is 1. The number of ketones is 1. The predicted octanol–water partition coefficient (Wildman–Crippen LogP) is 2.29. The zero-order chi connectivity index (χ0) is 16.5. The number of Topliss-reactive ketones (excluding diaryl/α,β-unsaturated/α-hetero) is 1. The maximum absolute atomic E-state index is 12.4. The summed E-state index contributed by atoms with van der Waals surface area (Å²) in [4.78, 5) is 28.4. The molecule has 0 aliphatic heterocycles. The number of hydrogen-bond acceptors (Lipinski definition) is 5. The third-order valence-electron chi connectivity index (χ3n) is 3.22. The largest absolute Gasteiger partial charge is 0.460 e. The number of hydrogen-bond donors (Lipinski definition) is 0. The third kappa shape index (κ3) is 5.07. The lowest BCUT2D eigenvalue weighted by atomic mass is 9.94. The fraction of sp³-hybridized carbons (Fsp3) is 0.471. The molecule has 120 valence electrons. The summed E-state index contributed by atoms with van der Waals surface area (Å²) in [6, 6.07) is 9.31. The Labute approximate surface area is 131 Å². The van der Waals surface area contributed by atoms with Gasteiger partial charge in [-0.05, 0) is 11.5 Å². The van der Waals surface area contributed by atoms with Crippen molar-refractivity contribution in [1.29, 1.82) is 0 Å². The number of esters is 1. The van der Waals surface area contributed by atoms with Crippen LogP contribution in [-0.2, 0) is 25.7 Å². The van der Waals surface area contributed by atoms with Crippen LogP contribution in [0.1, 0.15) is 19.4 Å². The number of rotatable bonds is 8. The SMILES string of the molecule is CN=CC(C(=O)OCc1ccccc1)C(=O)C(OC)C(C)C. The molecule has 0 N–H and O–H groups in total. The van der Waals surface area contributed by atoms with Gasteiger partial charge in [0.25, 0.3) is 0 Å². The van der Waals surface area contributed by atoms with Crippen LogP contribution < -0.4 is 0 Å². The van der Waals surface area contributed by atoms with E-state index in [-0.39, 0.29) is 18.3 Å². The molecule has 1 aromatic rings. The summed E-state index contributed by atoms with van der Waals surface area (Å²) in [5.41, 5.74) is 0.864. The van der Waals surface area contributed by atoms with Gasteiger partial charge in [-0.25, -0.2) is 0 Å². The van der Waals surface area contributed by atoms with Crippen LogP contribution in [0, 0.1) is 11.8 Å². The average molecular weight is 305 g/mol.